The molecule has 1 saturated carbocycles. The summed E-state index contributed by atoms with van der Waals surface area (Å²) in [5.74, 6) is -0.123. The molecule has 1 fully saturated rings. The summed E-state index contributed by atoms with van der Waals surface area (Å²) in [6.07, 6.45) is 6.92. The van der Waals surface area contributed by atoms with E-state index in [-0.39, 0.29) is 12.3 Å². The minimum absolute atomic E-state index is 0.105. The Hall–Kier alpha value is -0.670. The Morgan fingerprint density at radius 3 is 2.68 bits per heavy atom. The van der Waals surface area contributed by atoms with Crippen LogP contribution in [0.4, 0.5) is 0 Å². The van der Waals surface area contributed by atoms with Crippen molar-refractivity contribution >= 4 is 29.3 Å². The van der Waals surface area contributed by atoms with E-state index in [0.29, 0.717) is 5.92 Å². The number of aliphatic carboxylic acids is 1. The summed E-state index contributed by atoms with van der Waals surface area (Å²) in [5.41, 5.74) is 1.08. The Bertz CT molecular complexity index is 455. The van der Waals surface area contributed by atoms with Crippen LogP contribution in [0, 0.1) is 5.92 Å². The molecule has 0 aromatic heterocycles. The largest absolute Gasteiger partial charge is 0.481 e. The summed E-state index contributed by atoms with van der Waals surface area (Å²) in [7, 11) is 0. The Labute approximate surface area is 123 Å². The molecular formula is C15H19ClO2S. The van der Waals surface area contributed by atoms with Crippen LogP contribution in [0.25, 0.3) is 0 Å². The van der Waals surface area contributed by atoms with E-state index in [1.807, 2.05) is 24.5 Å². The standard InChI is InChI=1S/C15H19ClO2S/c1-19-14-7-6-11(8-13(14)16)12(9-15(17)18)10-4-2-3-5-10/h6-8,10,12H,2-5,9H2,1H3,(H,17,18). The second-order valence-corrected chi connectivity index (χ2v) is 6.40. The van der Waals surface area contributed by atoms with E-state index in [4.69, 9.17) is 16.7 Å². The van der Waals surface area contributed by atoms with E-state index in [9.17, 15) is 4.79 Å². The molecule has 1 aliphatic rings. The van der Waals surface area contributed by atoms with E-state index >= 15 is 0 Å². The summed E-state index contributed by atoms with van der Waals surface area (Å²) in [6.45, 7) is 0. The van der Waals surface area contributed by atoms with Crippen molar-refractivity contribution in [1.82, 2.24) is 0 Å². The van der Waals surface area contributed by atoms with Crippen LogP contribution in [0.1, 0.15) is 43.6 Å². The van der Waals surface area contributed by atoms with Crippen molar-refractivity contribution in [3.8, 4) is 0 Å². The maximum absolute atomic E-state index is 11.1. The monoisotopic (exact) mass is 298 g/mol. The Morgan fingerprint density at radius 1 is 1.47 bits per heavy atom. The van der Waals surface area contributed by atoms with Gasteiger partial charge in [-0.2, -0.15) is 0 Å². The highest BCUT2D eigenvalue weighted by Crippen LogP contribution is 2.41. The van der Waals surface area contributed by atoms with Gasteiger partial charge in [-0.1, -0.05) is 30.5 Å². The first-order chi connectivity index (χ1) is 9.11. The fourth-order valence-electron chi connectivity index (χ4n) is 3.02. The number of hydrogen-bond donors (Lipinski definition) is 1. The Kier molecular flexibility index (Phi) is 5.17. The Morgan fingerprint density at radius 2 is 2.16 bits per heavy atom. The highest BCUT2D eigenvalue weighted by atomic mass is 35.5. The first-order valence-corrected chi connectivity index (χ1v) is 8.27. The Balaban J connectivity index is 2.26. The summed E-state index contributed by atoms with van der Waals surface area (Å²) >= 11 is 7.86. The molecule has 1 aliphatic carbocycles. The van der Waals surface area contributed by atoms with Crippen molar-refractivity contribution in [3.05, 3.63) is 28.8 Å². The maximum atomic E-state index is 11.1. The quantitative estimate of drug-likeness (QED) is 0.793. The van der Waals surface area contributed by atoms with Crippen LogP contribution in [-0.2, 0) is 4.79 Å². The van der Waals surface area contributed by atoms with Crippen LogP contribution >= 0.6 is 23.4 Å². The van der Waals surface area contributed by atoms with Crippen LogP contribution < -0.4 is 0 Å². The molecule has 0 spiro atoms. The van der Waals surface area contributed by atoms with Gasteiger partial charge in [0.1, 0.15) is 0 Å². The van der Waals surface area contributed by atoms with Gasteiger partial charge in [-0.05, 0) is 48.6 Å². The molecule has 4 heteroatoms. The van der Waals surface area contributed by atoms with Gasteiger partial charge in [-0.3, -0.25) is 4.79 Å². The van der Waals surface area contributed by atoms with Crippen molar-refractivity contribution < 1.29 is 9.90 Å². The SMILES string of the molecule is CSc1ccc(C(CC(=O)O)C2CCCC2)cc1Cl. The summed E-state index contributed by atoms with van der Waals surface area (Å²) in [4.78, 5) is 12.2. The van der Waals surface area contributed by atoms with Crippen LogP contribution in [0.15, 0.2) is 23.1 Å². The zero-order valence-corrected chi connectivity index (χ0v) is 12.6. The number of benzene rings is 1. The van der Waals surface area contributed by atoms with Crippen LogP contribution in [0.3, 0.4) is 0 Å². The molecule has 2 rings (SSSR count). The van der Waals surface area contributed by atoms with E-state index < -0.39 is 5.97 Å². The zero-order valence-electron chi connectivity index (χ0n) is 11.1. The normalized spacial score (nSPS) is 17.6. The van der Waals surface area contributed by atoms with Crippen molar-refractivity contribution in [2.45, 2.75) is 42.9 Å². The lowest BCUT2D eigenvalue weighted by Crippen LogP contribution is -2.14. The number of carboxylic acids is 1. The molecule has 0 heterocycles. The van der Waals surface area contributed by atoms with Gasteiger partial charge >= 0.3 is 5.97 Å². The molecule has 0 saturated heterocycles. The highest BCUT2D eigenvalue weighted by Gasteiger charge is 2.28. The molecular weight excluding hydrogens is 280 g/mol. The summed E-state index contributed by atoms with van der Waals surface area (Å²) in [6, 6.07) is 6.01. The highest BCUT2D eigenvalue weighted by molar-refractivity contribution is 7.98. The smallest absolute Gasteiger partial charge is 0.303 e. The fraction of sp³-hybridized carbons (Fsp3) is 0.533. The predicted molar refractivity (Wildman–Crippen MR) is 80.2 cm³/mol. The fourth-order valence-corrected chi connectivity index (χ4v) is 3.90. The predicted octanol–water partition coefficient (Wildman–Crippen LogP) is 4.81. The van der Waals surface area contributed by atoms with E-state index in [2.05, 4.69) is 0 Å². The van der Waals surface area contributed by atoms with E-state index in [1.165, 1.54) is 12.8 Å². The van der Waals surface area contributed by atoms with E-state index in [0.717, 1.165) is 28.3 Å². The topological polar surface area (TPSA) is 37.3 Å². The summed E-state index contributed by atoms with van der Waals surface area (Å²) < 4.78 is 0. The van der Waals surface area contributed by atoms with Crippen molar-refractivity contribution in [2.75, 3.05) is 6.26 Å². The number of rotatable bonds is 5. The van der Waals surface area contributed by atoms with Gasteiger partial charge in [0.15, 0.2) is 0 Å². The van der Waals surface area contributed by atoms with E-state index in [1.54, 1.807) is 11.8 Å². The van der Waals surface area contributed by atoms with Gasteiger partial charge < -0.3 is 5.11 Å². The van der Waals surface area contributed by atoms with Crippen LogP contribution in [-0.4, -0.2) is 17.3 Å². The average molecular weight is 299 g/mol. The molecule has 1 aromatic rings. The molecule has 0 aliphatic heterocycles. The molecule has 19 heavy (non-hydrogen) atoms. The van der Waals surface area contributed by atoms with Gasteiger partial charge in [0.25, 0.3) is 0 Å². The molecule has 1 unspecified atom stereocenters. The van der Waals surface area contributed by atoms with Crippen LogP contribution in [0.2, 0.25) is 5.02 Å². The molecule has 0 amide bonds. The van der Waals surface area contributed by atoms with Crippen LogP contribution in [0.5, 0.6) is 0 Å². The number of hydrogen-bond acceptors (Lipinski definition) is 2. The van der Waals surface area contributed by atoms with Gasteiger partial charge in [0.05, 0.1) is 11.4 Å². The van der Waals surface area contributed by atoms with Gasteiger partial charge in [-0.25, -0.2) is 0 Å². The molecule has 2 nitrogen and oxygen atoms in total. The van der Waals surface area contributed by atoms with Gasteiger partial charge in [-0.15, -0.1) is 11.8 Å². The number of halogens is 1. The number of carbonyl (C=O) groups is 1. The minimum atomic E-state index is -0.720. The second kappa shape index (κ2) is 6.67. The lowest BCUT2D eigenvalue weighted by molar-refractivity contribution is -0.137. The third-order valence-corrected chi connectivity index (χ3v) is 5.19. The molecule has 1 aromatic carbocycles. The van der Waals surface area contributed by atoms with Crippen molar-refractivity contribution in [3.63, 3.8) is 0 Å². The third kappa shape index (κ3) is 3.67. The third-order valence-electron chi connectivity index (χ3n) is 3.97. The molecule has 1 atom stereocenters. The lowest BCUT2D eigenvalue weighted by atomic mass is 9.82. The number of carboxylic acid groups (broad SMARTS) is 1. The number of thioether (sulfide) groups is 1. The van der Waals surface area contributed by atoms with Crippen molar-refractivity contribution in [2.24, 2.45) is 5.92 Å². The summed E-state index contributed by atoms with van der Waals surface area (Å²) in [5, 5.41) is 9.87. The molecule has 1 N–H and O–H groups in total. The zero-order chi connectivity index (χ0) is 13.8. The lowest BCUT2D eigenvalue weighted by Gasteiger charge is -2.23. The molecule has 0 bridgehead atoms. The molecule has 0 radical (unpaired) electrons. The van der Waals surface area contributed by atoms with Gasteiger partial charge in [0.2, 0.25) is 0 Å². The first-order valence-electron chi connectivity index (χ1n) is 6.67. The van der Waals surface area contributed by atoms with Gasteiger partial charge in [0, 0.05) is 4.90 Å². The average Bonchev–Trinajstić information content (AvgIpc) is 2.89. The minimum Gasteiger partial charge on any atom is -0.481 e. The van der Waals surface area contributed by atoms with Crippen molar-refractivity contribution in [1.29, 1.82) is 0 Å². The maximum Gasteiger partial charge on any atom is 0.303 e. The molecule has 104 valence electrons. The first kappa shape index (κ1) is 14.7. The second-order valence-electron chi connectivity index (χ2n) is 5.14.